The number of unbranched alkanes of at least 4 members (excludes halogenated alkanes) is 1. The highest BCUT2D eigenvalue weighted by Gasteiger charge is 2.15. The lowest BCUT2D eigenvalue weighted by Crippen LogP contribution is -2.23. The predicted molar refractivity (Wildman–Crippen MR) is 181 cm³/mol. The molecular formula is C36H35N5O3S. The fourth-order valence-corrected chi connectivity index (χ4v) is 5.76. The monoisotopic (exact) mass is 617 g/mol. The number of fused-ring (bicyclic) bond motifs is 1. The number of benzene rings is 3. The van der Waals surface area contributed by atoms with Gasteiger partial charge in [0.2, 0.25) is 4.96 Å². The molecule has 0 aliphatic heterocycles. The van der Waals surface area contributed by atoms with Gasteiger partial charge in [-0.15, -0.1) is 5.10 Å². The van der Waals surface area contributed by atoms with E-state index in [4.69, 9.17) is 14.6 Å². The summed E-state index contributed by atoms with van der Waals surface area (Å²) in [7, 11) is 0. The first kappa shape index (κ1) is 30.0. The van der Waals surface area contributed by atoms with Gasteiger partial charge in [0.1, 0.15) is 17.2 Å². The number of ether oxygens (including phenoxy) is 2. The summed E-state index contributed by atoms with van der Waals surface area (Å²) in [5.74, 6) is 2.17. The van der Waals surface area contributed by atoms with Gasteiger partial charge in [-0.3, -0.25) is 4.79 Å². The number of hydrogen-bond acceptors (Lipinski definition) is 7. The summed E-state index contributed by atoms with van der Waals surface area (Å²) < 4.78 is 15.4. The Kier molecular flexibility index (Phi) is 8.89. The van der Waals surface area contributed by atoms with Crippen LogP contribution in [-0.2, 0) is 0 Å². The van der Waals surface area contributed by atoms with Crippen LogP contribution in [0, 0.1) is 6.92 Å². The Morgan fingerprint density at radius 2 is 1.78 bits per heavy atom. The minimum atomic E-state index is -0.217. The molecule has 0 fully saturated rings. The molecule has 3 aromatic carbocycles. The van der Waals surface area contributed by atoms with Crippen molar-refractivity contribution >= 4 is 34.5 Å². The Morgan fingerprint density at radius 1 is 0.978 bits per heavy atom. The van der Waals surface area contributed by atoms with Crippen LogP contribution in [0.2, 0.25) is 0 Å². The molecule has 6 rings (SSSR count). The van der Waals surface area contributed by atoms with Crippen LogP contribution in [0.5, 0.6) is 11.5 Å². The first-order valence-corrected chi connectivity index (χ1v) is 15.9. The molecule has 0 radical (unpaired) electrons. The molecule has 0 atom stereocenters. The van der Waals surface area contributed by atoms with Crippen LogP contribution in [0.25, 0.3) is 40.1 Å². The second-order valence-electron chi connectivity index (χ2n) is 11.0. The van der Waals surface area contributed by atoms with Crippen molar-refractivity contribution in [3.63, 3.8) is 0 Å². The summed E-state index contributed by atoms with van der Waals surface area (Å²) in [5.41, 5.74) is 5.24. The molecule has 0 aliphatic rings. The Bertz CT molecular complexity index is 2060. The van der Waals surface area contributed by atoms with Gasteiger partial charge < -0.3 is 9.47 Å². The maximum atomic E-state index is 13.4. The fraction of sp³-hybridized carbons (Fsp3) is 0.222. The van der Waals surface area contributed by atoms with Crippen molar-refractivity contribution in [2.24, 2.45) is 0 Å². The standard InChI is InChI=1S/C36H35N5O3S/c1-5-6-20-43-30-16-12-26(13-17-30)14-19-33-37-36-41(38-33)35(42)32(45-36)22-28-23-40(29-10-8-7-9-11-29)39-34(28)27-15-18-31(25(4)21-27)44-24(2)3/h7-19,21-24H,5-6,20H2,1-4H3/b19-14+,32-22-. The average molecular weight is 618 g/mol. The van der Waals surface area contributed by atoms with Crippen LogP contribution in [-0.4, -0.2) is 37.1 Å². The van der Waals surface area contributed by atoms with Gasteiger partial charge in [-0.2, -0.15) is 14.6 Å². The maximum absolute atomic E-state index is 13.4. The number of aryl methyl sites for hydroxylation is 1. The maximum Gasteiger partial charge on any atom is 0.291 e. The van der Waals surface area contributed by atoms with Crippen LogP contribution >= 0.6 is 11.3 Å². The van der Waals surface area contributed by atoms with E-state index in [1.165, 1.54) is 15.9 Å². The largest absolute Gasteiger partial charge is 0.494 e. The third-order valence-electron chi connectivity index (χ3n) is 7.13. The molecule has 0 unspecified atom stereocenters. The van der Waals surface area contributed by atoms with E-state index >= 15 is 0 Å². The van der Waals surface area contributed by atoms with E-state index in [9.17, 15) is 4.79 Å². The van der Waals surface area contributed by atoms with E-state index in [-0.39, 0.29) is 11.7 Å². The zero-order valence-electron chi connectivity index (χ0n) is 25.8. The molecule has 6 aromatic rings. The zero-order chi connectivity index (χ0) is 31.3. The van der Waals surface area contributed by atoms with E-state index < -0.39 is 0 Å². The molecule has 8 nitrogen and oxygen atoms in total. The lowest BCUT2D eigenvalue weighted by atomic mass is 10.0. The number of nitrogens with zero attached hydrogens (tertiary/aromatic N) is 5. The van der Waals surface area contributed by atoms with Gasteiger partial charge in [0.25, 0.3) is 5.56 Å². The highest BCUT2D eigenvalue weighted by atomic mass is 32.1. The summed E-state index contributed by atoms with van der Waals surface area (Å²) in [4.78, 5) is 18.6. The average Bonchev–Trinajstić information content (AvgIpc) is 3.73. The third-order valence-corrected chi connectivity index (χ3v) is 8.09. The zero-order valence-corrected chi connectivity index (χ0v) is 26.6. The van der Waals surface area contributed by atoms with E-state index in [0.29, 0.717) is 15.3 Å². The molecule has 0 N–H and O–H groups in total. The fourth-order valence-electron chi connectivity index (χ4n) is 4.85. The van der Waals surface area contributed by atoms with Crippen molar-refractivity contribution in [2.45, 2.75) is 46.6 Å². The molecule has 0 saturated heterocycles. The van der Waals surface area contributed by atoms with Crippen molar-refractivity contribution < 1.29 is 9.47 Å². The van der Waals surface area contributed by atoms with Crippen molar-refractivity contribution in [2.75, 3.05) is 6.61 Å². The summed E-state index contributed by atoms with van der Waals surface area (Å²) in [6.07, 6.45) is 9.77. The molecule has 3 heterocycles. The SMILES string of the molecule is CCCCOc1ccc(/C=C/c2nc3s/c(=C\c4cn(-c5ccccc5)nc4-c4ccc(OC(C)C)c(C)c4)c(=O)n3n2)cc1. The summed E-state index contributed by atoms with van der Waals surface area (Å²) in [6.45, 7) is 8.91. The lowest BCUT2D eigenvalue weighted by Gasteiger charge is -2.13. The smallest absolute Gasteiger partial charge is 0.291 e. The Balaban J connectivity index is 1.31. The number of hydrogen-bond donors (Lipinski definition) is 0. The van der Waals surface area contributed by atoms with Gasteiger partial charge >= 0.3 is 0 Å². The quantitative estimate of drug-likeness (QED) is 0.146. The first-order valence-electron chi connectivity index (χ1n) is 15.1. The van der Waals surface area contributed by atoms with Crippen molar-refractivity contribution in [1.29, 1.82) is 0 Å². The molecule has 9 heteroatoms. The van der Waals surface area contributed by atoms with Gasteiger partial charge in [-0.05, 0) is 92.9 Å². The first-order chi connectivity index (χ1) is 21.9. The molecule has 0 spiro atoms. The number of rotatable bonds is 11. The highest BCUT2D eigenvalue weighted by Crippen LogP contribution is 2.29. The molecule has 45 heavy (non-hydrogen) atoms. The summed E-state index contributed by atoms with van der Waals surface area (Å²) in [5, 5.41) is 9.41. The Labute approximate surface area is 265 Å². The number of thiazole rings is 1. The van der Waals surface area contributed by atoms with Crippen molar-refractivity contribution in [3.05, 3.63) is 116 Å². The Morgan fingerprint density at radius 3 is 2.49 bits per heavy atom. The molecule has 0 amide bonds. The van der Waals surface area contributed by atoms with Gasteiger partial charge in [0, 0.05) is 17.3 Å². The lowest BCUT2D eigenvalue weighted by molar-refractivity contribution is 0.241. The van der Waals surface area contributed by atoms with Crippen LogP contribution in [0.1, 0.15) is 56.1 Å². The summed E-state index contributed by atoms with van der Waals surface area (Å²) in [6, 6.07) is 23.9. The normalized spacial score (nSPS) is 12.2. The van der Waals surface area contributed by atoms with Crippen LogP contribution in [0.3, 0.4) is 0 Å². The minimum Gasteiger partial charge on any atom is -0.494 e. The Hall–Kier alpha value is -5.02. The number of para-hydroxylation sites is 1. The second-order valence-corrected chi connectivity index (χ2v) is 12.1. The second kappa shape index (κ2) is 13.3. The van der Waals surface area contributed by atoms with Gasteiger partial charge in [0.15, 0.2) is 5.82 Å². The molecule has 228 valence electrons. The molecule has 0 aliphatic carbocycles. The third kappa shape index (κ3) is 6.89. The molecular weight excluding hydrogens is 582 g/mol. The van der Waals surface area contributed by atoms with E-state index in [1.807, 2.05) is 117 Å². The van der Waals surface area contributed by atoms with Crippen molar-refractivity contribution in [3.8, 4) is 28.4 Å². The van der Waals surface area contributed by atoms with Gasteiger partial charge in [-0.1, -0.05) is 61.1 Å². The van der Waals surface area contributed by atoms with Crippen LogP contribution in [0.4, 0.5) is 0 Å². The van der Waals surface area contributed by atoms with Crippen LogP contribution in [0.15, 0.2) is 83.8 Å². The van der Waals surface area contributed by atoms with E-state index in [1.54, 1.807) is 0 Å². The number of aromatic nitrogens is 5. The predicted octanol–water partition coefficient (Wildman–Crippen LogP) is 7.00. The van der Waals surface area contributed by atoms with E-state index in [0.717, 1.165) is 64.6 Å². The van der Waals surface area contributed by atoms with Gasteiger partial charge in [-0.25, -0.2) is 4.68 Å². The van der Waals surface area contributed by atoms with E-state index in [2.05, 4.69) is 23.1 Å². The van der Waals surface area contributed by atoms with Crippen molar-refractivity contribution in [1.82, 2.24) is 24.4 Å². The molecule has 0 bridgehead atoms. The minimum absolute atomic E-state index is 0.0790. The molecule has 0 saturated carbocycles. The molecule has 3 aromatic heterocycles. The highest BCUT2D eigenvalue weighted by molar-refractivity contribution is 7.15. The van der Waals surface area contributed by atoms with Gasteiger partial charge in [0.05, 0.1) is 22.9 Å². The topological polar surface area (TPSA) is 83.5 Å². The summed E-state index contributed by atoms with van der Waals surface area (Å²) >= 11 is 1.31. The van der Waals surface area contributed by atoms with Crippen LogP contribution < -0.4 is 19.6 Å².